The molecule has 2 heteroatoms. The van der Waals surface area contributed by atoms with E-state index in [-0.39, 0.29) is 12.1 Å². The lowest BCUT2D eigenvalue weighted by atomic mass is 10.0. The van der Waals surface area contributed by atoms with E-state index in [4.69, 9.17) is 8.53 Å². The zero-order valence-corrected chi connectivity index (χ0v) is 15.3. The van der Waals surface area contributed by atoms with Crippen LogP contribution in [0.2, 0.25) is 0 Å². The van der Waals surface area contributed by atoms with E-state index in [0.717, 1.165) is 32.7 Å². The van der Waals surface area contributed by atoms with Crippen molar-refractivity contribution in [2.45, 2.75) is 20.2 Å². The van der Waals surface area contributed by atoms with Crippen LogP contribution in [-0.4, -0.2) is 4.98 Å². The predicted molar refractivity (Wildman–Crippen MR) is 113 cm³/mol. The molecule has 0 N–H and O–H groups in total. The summed E-state index contributed by atoms with van der Waals surface area (Å²) < 4.78 is 31.3. The lowest BCUT2D eigenvalue weighted by Crippen LogP contribution is -1.95. The Morgan fingerprint density at radius 3 is 2.59 bits per heavy atom. The number of fused-ring (bicyclic) bond motifs is 4. The van der Waals surface area contributed by atoms with E-state index in [1.807, 2.05) is 50.2 Å². The molecule has 0 spiro atoms. The van der Waals surface area contributed by atoms with Gasteiger partial charge in [0.05, 0.1) is 7.06 Å². The number of pyridine rings is 1. The average Bonchev–Trinajstić information content (AvgIpc) is 3.09. The lowest BCUT2D eigenvalue weighted by molar-refractivity contribution is 0.647. The predicted octanol–water partition coefficient (Wildman–Crippen LogP) is 7.00. The Kier molecular flexibility index (Phi) is 3.03. The van der Waals surface area contributed by atoms with E-state index in [1.165, 1.54) is 6.07 Å². The third-order valence-corrected chi connectivity index (χ3v) is 4.79. The van der Waals surface area contributed by atoms with Crippen molar-refractivity contribution in [3.05, 3.63) is 78.5 Å². The van der Waals surface area contributed by atoms with Crippen molar-refractivity contribution in [2.24, 2.45) is 5.92 Å². The van der Waals surface area contributed by atoms with Crippen LogP contribution >= 0.6 is 0 Å². The molecule has 5 rings (SSSR count). The molecule has 0 atom stereocenters. The summed E-state index contributed by atoms with van der Waals surface area (Å²) in [4.78, 5) is 4.39. The highest BCUT2D eigenvalue weighted by Crippen LogP contribution is 2.37. The first-order chi connectivity index (χ1) is 14.3. The highest BCUT2D eigenvalue weighted by Gasteiger charge is 2.14. The SMILES string of the molecule is [2H]c1cc(C([2H])([2H])C(C)C)cc(-c2cccc3c2oc2cc4ccccc4cc23)n1. The smallest absolute Gasteiger partial charge is 0.144 e. The quantitative estimate of drug-likeness (QED) is 0.348. The number of aromatic nitrogens is 1. The summed E-state index contributed by atoms with van der Waals surface area (Å²) in [6.45, 7) is 3.68. The summed E-state index contributed by atoms with van der Waals surface area (Å²) in [5.41, 5.74) is 3.29. The van der Waals surface area contributed by atoms with Gasteiger partial charge in [0, 0.05) is 25.3 Å². The fraction of sp³-hybridized carbons (Fsp3) is 0.160. The molecule has 0 bridgehead atoms. The molecule has 0 fully saturated rings. The Hall–Kier alpha value is -3.13. The zero-order chi connectivity index (χ0) is 21.0. The number of nitrogens with zero attached hydrogens (tertiary/aromatic N) is 1. The van der Waals surface area contributed by atoms with Gasteiger partial charge in [-0.1, -0.05) is 50.2 Å². The van der Waals surface area contributed by atoms with Crippen LogP contribution in [0.3, 0.4) is 0 Å². The van der Waals surface area contributed by atoms with Crippen LogP contribution in [0.5, 0.6) is 0 Å². The minimum absolute atomic E-state index is 0.0471. The van der Waals surface area contributed by atoms with Gasteiger partial charge >= 0.3 is 0 Å². The van der Waals surface area contributed by atoms with Gasteiger partial charge in [0.15, 0.2) is 0 Å². The maximum Gasteiger partial charge on any atom is 0.144 e. The third kappa shape index (κ3) is 2.78. The summed E-state index contributed by atoms with van der Waals surface area (Å²) in [5.74, 6) is -0.221. The minimum Gasteiger partial charge on any atom is -0.455 e. The highest BCUT2D eigenvalue weighted by molar-refractivity contribution is 6.12. The number of rotatable bonds is 3. The molecular weight excluding hydrogens is 330 g/mol. The van der Waals surface area contributed by atoms with E-state index in [9.17, 15) is 0 Å². The summed E-state index contributed by atoms with van der Waals surface area (Å²) in [5, 5.41) is 4.28. The molecular formula is C25H21NO. The topological polar surface area (TPSA) is 26.0 Å². The maximum atomic E-state index is 8.44. The second-order valence-corrected chi connectivity index (χ2v) is 7.15. The van der Waals surface area contributed by atoms with Crippen LogP contribution in [0.25, 0.3) is 44.0 Å². The fourth-order valence-electron chi connectivity index (χ4n) is 3.63. The first kappa shape index (κ1) is 13.1. The molecule has 0 saturated heterocycles. The number of para-hydroxylation sites is 1. The maximum absolute atomic E-state index is 8.44. The molecule has 27 heavy (non-hydrogen) atoms. The molecule has 0 aliphatic heterocycles. The van der Waals surface area contributed by atoms with Crippen molar-refractivity contribution >= 4 is 32.7 Å². The lowest BCUT2D eigenvalue weighted by Gasteiger charge is -2.07. The molecule has 2 aromatic heterocycles. The van der Waals surface area contributed by atoms with E-state index >= 15 is 0 Å². The van der Waals surface area contributed by atoms with Crippen molar-refractivity contribution in [2.75, 3.05) is 0 Å². The highest BCUT2D eigenvalue weighted by atomic mass is 16.3. The van der Waals surface area contributed by atoms with E-state index < -0.39 is 6.37 Å². The second kappa shape index (κ2) is 6.24. The van der Waals surface area contributed by atoms with Crippen LogP contribution in [-0.2, 0) is 6.37 Å². The Labute approximate surface area is 162 Å². The Bertz CT molecular complexity index is 1420. The Morgan fingerprint density at radius 2 is 1.78 bits per heavy atom. The van der Waals surface area contributed by atoms with E-state index in [0.29, 0.717) is 16.8 Å². The van der Waals surface area contributed by atoms with Crippen molar-refractivity contribution in [3.8, 4) is 11.3 Å². The van der Waals surface area contributed by atoms with Crippen molar-refractivity contribution in [3.63, 3.8) is 0 Å². The molecule has 0 unspecified atom stereocenters. The van der Waals surface area contributed by atoms with Crippen molar-refractivity contribution in [1.82, 2.24) is 4.98 Å². The van der Waals surface area contributed by atoms with Gasteiger partial charge < -0.3 is 4.42 Å². The average molecular weight is 354 g/mol. The molecule has 5 aromatic rings. The third-order valence-electron chi connectivity index (χ3n) is 4.79. The molecule has 0 radical (unpaired) electrons. The van der Waals surface area contributed by atoms with Crippen molar-refractivity contribution < 1.29 is 8.53 Å². The normalized spacial score (nSPS) is 14.0. The molecule has 3 aromatic carbocycles. The minimum atomic E-state index is -1.55. The number of furan rings is 1. The van der Waals surface area contributed by atoms with Gasteiger partial charge in [-0.2, -0.15) is 0 Å². The van der Waals surface area contributed by atoms with Gasteiger partial charge in [-0.25, -0.2) is 0 Å². The van der Waals surface area contributed by atoms with Gasteiger partial charge in [0.25, 0.3) is 0 Å². The fourth-order valence-corrected chi connectivity index (χ4v) is 3.63. The van der Waals surface area contributed by atoms with E-state index in [2.05, 4.69) is 23.2 Å². The summed E-state index contributed by atoms with van der Waals surface area (Å²) in [6, 6.07) is 21.5. The molecule has 0 amide bonds. The van der Waals surface area contributed by atoms with Crippen LogP contribution in [0, 0.1) is 5.92 Å². The van der Waals surface area contributed by atoms with Crippen LogP contribution in [0.15, 0.2) is 77.3 Å². The first-order valence-electron chi connectivity index (χ1n) is 10.7. The van der Waals surface area contributed by atoms with Gasteiger partial charge in [-0.3, -0.25) is 4.98 Å². The number of hydrogen-bond donors (Lipinski definition) is 0. The van der Waals surface area contributed by atoms with Crippen molar-refractivity contribution in [1.29, 1.82) is 0 Å². The zero-order valence-electron chi connectivity index (χ0n) is 18.3. The standard InChI is InChI=1S/C25H21NO/c1-16(2)12-17-10-11-26-23(13-17)21-9-5-8-20-22-14-18-6-3-4-7-19(18)15-24(22)27-25(20)21/h3-11,13-16H,12H2,1-2H3/i11D,12D2. The van der Waals surface area contributed by atoms with E-state index in [1.54, 1.807) is 6.07 Å². The molecule has 132 valence electrons. The Balaban J connectivity index is 1.77. The first-order valence-corrected chi connectivity index (χ1v) is 9.18. The van der Waals surface area contributed by atoms with Gasteiger partial charge in [-0.15, -0.1) is 0 Å². The van der Waals surface area contributed by atoms with Crippen LogP contribution in [0.1, 0.15) is 23.5 Å². The molecule has 2 heterocycles. The summed E-state index contributed by atoms with van der Waals surface area (Å²) >= 11 is 0. The molecule has 0 aliphatic rings. The number of hydrogen-bond acceptors (Lipinski definition) is 2. The Morgan fingerprint density at radius 1 is 0.963 bits per heavy atom. The summed E-state index contributed by atoms with van der Waals surface area (Å²) in [7, 11) is 0. The van der Waals surface area contributed by atoms with Crippen LogP contribution < -0.4 is 0 Å². The second-order valence-electron chi connectivity index (χ2n) is 7.15. The molecule has 0 saturated carbocycles. The molecule has 0 aliphatic carbocycles. The summed E-state index contributed by atoms with van der Waals surface area (Å²) in [6.07, 6.45) is -1.50. The monoisotopic (exact) mass is 354 g/mol. The molecule has 2 nitrogen and oxygen atoms in total. The largest absolute Gasteiger partial charge is 0.455 e. The van der Waals surface area contributed by atoms with Gasteiger partial charge in [-0.05, 0) is 59.0 Å². The van der Waals surface area contributed by atoms with Crippen LogP contribution in [0.4, 0.5) is 0 Å². The number of benzene rings is 3. The van der Waals surface area contributed by atoms with Gasteiger partial charge in [0.1, 0.15) is 11.2 Å². The van der Waals surface area contributed by atoms with Gasteiger partial charge in [0.2, 0.25) is 0 Å².